The summed E-state index contributed by atoms with van der Waals surface area (Å²) in [5.41, 5.74) is 1.34. The molecule has 1 aromatic heterocycles. The second kappa shape index (κ2) is 7.26. The van der Waals surface area contributed by atoms with Crippen LogP contribution in [0.5, 0.6) is 5.75 Å². The minimum Gasteiger partial charge on any atom is -0.497 e. The number of ether oxygens (including phenoxy) is 1. The van der Waals surface area contributed by atoms with Crippen LogP contribution in [0.15, 0.2) is 63.8 Å². The first-order valence-corrected chi connectivity index (χ1v) is 9.95. The van der Waals surface area contributed by atoms with Gasteiger partial charge in [-0.15, -0.1) is 0 Å². The van der Waals surface area contributed by atoms with E-state index in [1.165, 1.54) is 13.2 Å². The van der Waals surface area contributed by atoms with Crippen molar-refractivity contribution in [2.75, 3.05) is 13.3 Å². The number of methoxy groups -OCH3 is 1. The molecule has 0 fully saturated rings. The van der Waals surface area contributed by atoms with Crippen molar-refractivity contribution in [2.45, 2.75) is 12.6 Å². The molecule has 0 aliphatic rings. The summed E-state index contributed by atoms with van der Waals surface area (Å²) >= 11 is 0. The van der Waals surface area contributed by atoms with Crippen molar-refractivity contribution in [2.24, 2.45) is 0 Å². The minimum absolute atomic E-state index is 0.0612. The van der Waals surface area contributed by atoms with Crippen molar-refractivity contribution in [3.05, 3.63) is 76.1 Å². The molecule has 0 aliphatic heterocycles. The van der Waals surface area contributed by atoms with E-state index in [4.69, 9.17) is 9.15 Å². The zero-order chi connectivity index (χ0) is 17.9. The Kier molecular flexibility index (Phi) is 5.07. The first kappa shape index (κ1) is 17.5. The van der Waals surface area contributed by atoms with E-state index in [1.807, 2.05) is 30.3 Å². The fraction of sp³-hybridized carbons (Fsp3) is 0.211. The third-order valence-electron chi connectivity index (χ3n) is 4.05. The molecule has 0 bridgehead atoms. The maximum Gasteiger partial charge on any atom is 0.336 e. The molecule has 1 atom stereocenters. The molecule has 0 aliphatic carbocycles. The van der Waals surface area contributed by atoms with Gasteiger partial charge in [-0.05, 0) is 29.7 Å². The summed E-state index contributed by atoms with van der Waals surface area (Å²) < 4.78 is 22.9. The first-order chi connectivity index (χ1) is 12.0. The molecular formula is C19H19O5P. The molecule has 2 aromatic carbocycles. The molecule has 130 valence electrons. The SMILES string of the molecule is COc1ccc2c(CP(=O)(O)CCc3ccccc3)cc(=O)oc2c1. The van der Waals surface area contributed by atoms with Crippen LogP contribution in [0.2, 0.25) is 0 Å². The van der Waals surface area contributed by atoms with E-state index >= 15 is 0 Å². The van der Waals surface area contributed by atoms with E-state index in [9.17, 15) is 14.3 Å². The van der Waals surface area contributed by atoms with Crippen LogP contribution in [0.4, 0.5) is 0 Å². The van der Waals surface area contributed by atoms with E-state index in [2.05, 4.69) is 0 Å². The fourth-order valence-electron chi connectivity index (χ4n) is 2.76. The van der Waals surface area contributed by atoms with Crippen molar-refractivity contribution in [3.63, 3.8) is 0 Å². The summed E-state index contributed by atoms with van der Waals surface area (Å²) in [4.78, 5) is 22.2. The van der Waals surface area contributed by atoms with Crippen molar-refractivity contribution >= 4 is 18.3 Å². The van der Waals surface area contributed by atoms with Crippen LogP contribution in [0.3, 0.4) is 0 Å². The van der Waals surface area contributed by atoms with Crippen molar-refractivity contribution in [3.8, 4) is 5.75 Å². The Labute approximate surface area is 145 Å². The zero-order valence-corrected chi connectivity index (χ0v) is 14.7. The van der Waals surface area contributed by atoms with Crippen molar-refractivity contribution < 1.29 is 18.6 Å². The van der Waals surface area contributed by atoms with Gasteiger partial charge < -0.3 is 14.0 Å². The molecular weight excluding hydrogens is 339 g/mol. The molecule has 0 radical (unpaired) electrons. The van der Waals surface area contributed by atoms with Gasteiger partial charge >= 0.3 is 5.63 Å². The smallest absolute Gasteiger partial charge is 0.336 e. The van der Waals surface area contributed by atoms with Crippen LogP contribution in [-0.4, -0.2) is 18.2 Å². The molecule has 0 saturated carbocycles. The summed E-state index contributed by atoms with van der Waals surface area (Å²) in [6.07, 6.45) is 0.616. The number of rotatable bonds is 6. The third-order valence-corrected chi connectivity index (χ3v) is 5.80. The van der Waals surface area contributed by atoms with Crippen LogP contribution in [0.1, 0.15) is 11.1 Å². The van der Waals surface area contributed by atoms with Gasteiger partial charge in [0.1, 0.15) is 11.3 Å². The third kappa shape index (κ3) is 4.38. The van der Waals surface area contributed by atoms with E-state index in [0.717, 1.165) is 5.56 Å². The van der Waals surface area contributed by atoms with Gasteiger partial charge in [0.2, 0.25) is 7.37 Å². The molecule has 25 heavy (non-hydrogen) atoms. The largest absolute Gasteiger partial charge is 0.497 e. The Morgan fingerprint density at radius 1 is 1.12 bits per heavy atom. The molecule has 0 saturated heterocycles. The number of hydrogen-bond acceptors (Lipinski definition) is 4. The standard InChI is InChI=1S/C19H19O5P/c1-23-16-7-8-17-15(11-19(20)24-18(17)12-16)13-25(21,22)10-9-14-5-3-2-4-6-14/h2-8,11-12H,9-10,13H2,1H3,(H,21,22). The minimum atomic E-state index is -3.43. The van der Waals surface area contributed by atoms with E-state index in [1.54, 1.807) is 18.2 Å². The van der Waals surface area contributed by atoms with Gasteiger partial charge in [0.05, 0.1) is 13.3 Å². The van der Waals surface area contributed by atoms with E-state index in [0.29, 0.717) is 28.7 Å². The maximum absolute atomic E-state index is 12.6. The topological polar surface area (TPSA) is 76.7 Å². The Morgan fingerprint density at radius 2 is 1.88 bits per heavy atom. The quantitative estimate of drug-likeness (QED) is 0.535. The van der Waals surface area contributed by atoms with Crippen molar-refractivity contribution in [1.82, 2.24) is 0 Å². The second-order valence-electron chi connectivity index (χ2n) is 5.92. The Morgan fingerprint density at radius 3 is 2.60 bits per heavy atom. The highest BCUT2D eigenvalue weighted by Crippen LogP contribution is 2.46. The van der Waals surface area contributed by atoms with Gasteiger partial charge in [0.15, 0.2) is 0 Å². The van der Waals surface area contributed by atoms with Gasteiger partial charge in [0, 0.05) is 23.7 Å². The van der Waals surface area contributed by atoms with Gasteiger partial charge in [-0.25, -0.2) is 4.79 Å². The van der Waals surface area contributed by atoms with Crippen molar-refractivity contribution in [1.29, 1.82) is 0 Å². The molecule has 1 N–H and O–H groups in total. The molecule has 0 amide bonds. The van der Waals surface area contributed by atoms with Crippen LogP contribution >= 0.6 is 7.37 Å². The molecule has 3 rings (SSSR count). The average Bonchev–Trinajstić information content (AvgIpc) is 2.60. The van der Waals surface area contributed by atoms with E-state index in [-0.39, 0.29) is 12.3 Å². The number of fused-ring (bicyclic) bond motifs is 1. The second-order valence-corrected chi connectivity index (χ2v) is 8.37. The maximum atomic E-state index is 12.6. The lowest BCUT2D eigenvalue weighted by molar-refractivity contribution is 0.414. The summed E-state index contributed by atoms with van der Waals surface area (Å²) in [7, 11) is -1.91. The molecule has 3 aromatic rings. The highest BCUT2D eigenvalue weighted by molar-refractivity contribution is 7.57. The lowest BCUT2D eigenvalue weighted by atomic mass is 10.1. The lowest BCUT2D eigenvalue weighted by Crippen LogP contribution is -2.03. The van der Waals surface area contributed by atoms with Crippen LogP contribution in [0.25, 0.3) is 11.0 Å². The lowest BCUT2D eigenvalue weighted by Gasteiger charge is -2.13. The van der Waals surface area contributed by atoms with Gasteiger partial charge in [-0.2, -0.15) is 0 Å². The van der Waals surface area contributed by atoms with E-state index < -0.39 is 13.0 Å². The van der Waals surface area contributed by atoms with Gasteiger partial charge in [-0.3, -0.25) is 4.57 Å². The van der Waals surface area contributed by atoms with Gasteiger partial charge in [0.25, 0.3) is 0 Å². The highest BCUT2D eigenvalue weighted by atomic mass is 31.2. The molecule has 6 heteroatoms. The zero-order valence-electron chi connectivity index (χ0n) is 13.8. The van der Waals surface area contributed by atoms with Crippen LogP contribution < -0.4 is 10.4 Å². The Hall–Kier alpha value is -2.36. The summed E-state index contributed by atoms with van der Waals surface area (Å²) in [5.74, 6) is 0.559. The molecule has 1 heterocycles. The molecule has 5 nitrogen and oxygen atoms in total. The van der Waals surface area contributed by atoms with Gasteiger partial charge in [-0.1, -0.05) is 30.3 Å². The summed E-state index contributed by atoms with van der Waals surface area (Å²) in [5, 5.41) is 0.648. The summed E-state index contributed by atoms with van der Waals surface area (Å²) in [6.45, 7) is 0. The van der Waals surface area contributed by atoms with Crippen LogP contribution in [-0.2, 0) is 17.1 Å². The first-order valence-electron chi connectivity index (χ1n) is 7.92. The Balaban J connectivity index is 1.86. The summed E-state index contributed by atoms with van der Waals surface area (Å²) in [6, 6.07) is 15.9. The fourth-order valence-corrected chi connectivity index (χ4v) is 4.32. The predicted octanol–water partition coefficient (Wildman–Crippen LogP) is 3.81. The predicted molar refractivity (Wildman–Crippen MR) is 97.6 cm³/mol. The average molecular weight is 358 g/mol. The molecule has 1 unspecified atom stereocenters. The molecule has 0 spiro atoms. The number of hydrogen-bond donors (Lipinski definition) is 1. The monoisotopic (exact) mass is 358 g/mol. The number of benzene rings is 2. The normalized spacial score (nSPS) is 13.5. The highest BCUT2D eigenvalue weighted by Gasteiger charge is 2.21. The Bertz CT molecular complexity index is 978. The van der Waals surface area contributed by atoms with Crippen LogP contribution in [0, 0.1) is 0 Å². The number of aryl methyl sites for hydroxylation is 1.